The lowest BCUT2D eigenvalue weighted by Gasteiger charge is -1.96. The Kier molecular flexibility index (Phi) is 3.69. The highest BCUT2D eigenvalue weighted by molar-refractivity contribution is 7.98. The Morgan fingerprint density at radius 2 is 2.10 bits per heavy atom. The first kappa shape index (κ1) is 12.7. The normalized spacial score (nSPS) is 10.8. The molecule has 1 aromatic carbocycles. The molecule has 2 heterocycles. The van der Waals surface area contributed by atoms with Gasteiger partial charge in [-0.3, -0.25) is 4.68 Å². The molecule has 20 heavy (non-hydrogen) atoms. The second-order valence-corrected chi connectivity index (χ2v) is 5.23. The zero-order chi connectivity index (χ0) is 13.8. The van der Waals surface area contributed by atoms with Crippen LogP contribution >= 0.6 is 11.8 Å². The Balaban J connectivity index is 1.59. The molecule has 0 aliphatic rings. The summed E-state index contributed by atoms with van der Waals surface area (Å²) in [5.41, 5.74) is 6.21. The third kappa shape index (κ3) is 3.18. The molecule has 0 spiro atoms. The standard InChI is InChI=1S/C13H13N5OS/c14-10-6-15-18(7-10)8-13-16-12(17-19-13)9-20-11-4-2-1-3-5-11/h1-7H,8-9,14H2. The maximum atomic E-state index is 5.60. The highest BCUT2D eigenvalue weighted by Crippen LogP contribution is 2.20. The summed E-state index contributed by atoms with van der Waals surface area (Å²) in [7, 11) is 0. The summed E-state index contributed by atoms with van der Waals surface area (Å²) in [6.07, 6.45) is 3.31. The van der Waals surface area contributed by atoms with Crippen LogP contribution in [0.15, 0.2) is 52.1 Å². The van der Waals surface area contributed by atoms with Crippen LogP contribution in [0.1, 0.15) is 11.7 Å². The van der Waals surface area contributed by atoms with Gasteiger partial charge in [-0.15, -0.1) is 11.8 Å². The highest BCUT2D eigenvalue weighted by atomic mass is 32.2. The largest absolute Gasteiger partial charge is 0.396 e. The molecule has 3 aromatic rings. The third-order valence-corrected chi connectivity index (χ3v) is 3.58. The minimum atomic E-state index is 0.431. The first-order valence-corrected chi connectivity index (χ1v) is 7.05. The van der Waals surface area contributed by atoms with Crippen LogP contribution in [0.5, 0.6) is 0 Å². The van der Waals surface area contributed by atoms with Gasteiger partial charge in [-0.05, 0) is 12.1 Å². The maximum absolute atomic E-state index is 5.60. The Hall–Kier alpha value is -2.28. The zero-order valence-corrected chi connectivity index (χ0v) is 11.5. The molecular formula is C13H13N5OS. The number of nitrogens with zero attached hydrogens (tertiary/aromatic N) is 4. The third-order valence-electron chi connectivity index (χ3n) is 2.57. The number of hydrogen-bond acceptors (Lipinski definition) is 6. The van der Waals surface area contributed by atoms with Crippen LogP contribution in [0, 0.1) is 0 Å². The molecule has 7 heteroatoms. The summed E-state index contributed by atoms with van der Waals surface area (Å²) in [5.74, 6) is 1.88. The Bertz CT molecular complexity index is 679. The van der Waals surface area contributed by atoms with Crippen LogP contribution < -0.4 is 5.73 Å². The lowest BCUT2D eigenvalue weighted by atomic mass is 10.4. The fourth-order valence-electron chi connectivity index (χ4n) is 1.68. The number of nitrogens with two attached hydrogens (primary N) is 1. The molecular weight excluding hydrogens is 274 g/mol. The van der Waals surface area contributed by atoms with Gasteiger partial charge in [0.15, 0.2) is 5.82 Å². The average Bonchev–Trinajstić information content (AvgIpc) is 3.08. The van der Waals surface area contributed by atoms with Crippen molar-refractivity contribution in [2.75, 3.05) is 5.73 Å². The van der Waals surface area contributed by atoms with Gasteiger partial charge in [0.1, 0.15) is 6.54 Å². The van der Waals surface area contributed by atoms with Crippen molar-refractivity contribution in [1.29, 1.82) is 0 Å². The number of nitrogen functional groups attached to an aromatic ring is 1. The molecule has 0 aliphatic heterocycles. The van der Waals surface area contributed by atoms with Crippen molar-refractivity contribution in [1.82, 2.24) is 19.9 Å². The van der Waals surface area contributed by atoms with E-state index < -0.39 is 0 Å². The van der Waals surface area contributed by atoms with Crippen LogP contribution in [0.3, 0.4) is 0 Å². The molecule has 0 bridgehead atoms. The summed E-state index contributed by atoms with van der Waals surface area (Å²) in [6.45, 7) is 0.431. The van der Waals surface area contributed by atoms with Gasteiger partial charge in [-0.2, -0.15) is 10.1 Å². The SMILES string of the molecule is Nc1cnn(Cc2nc(CSc3ccccc3)no2)c1. The van der Waals surface area contributed by atoms with Crippen molar-refractivity contribution >= 4 is 17.4 Å². The van der Waals surface area contributed by atoms with Gasteiger partial charge in [0.25, 0.3) is 0 Å². The van der Waals surface area contributed by atoms with Gasteiger partial charge in [0.2, 0.25) is 5.89 Å². The van der Waals surface area contributed by atoms with E-state index in [-0.39, 0.29) is 0 Å². The summed E-state index contributed by atoms with van der Waals surface area (Å²) >= 11 is 1.67. The van der Waals surface area contributed by atoms with Crippen molar-refractivity contribution < 1.29 is 4.52 Å². The average molecular weight is 287 g/mol. The molecule has 0 radical (unpaired) electrons. The minimum Gasteiger partial charge on any atom is -0.396 e. The maximum Gasteiger partial charge on any atom is 0.248 e. The summed E-state index contributed by atoms with van der Waals surface area (Å²) in [5, 5.41) is 8.03. The summed E-state index contributed by atoms with van der Waals surface area (Å²) in [6, 6.07) is 10.1. The molecule has 2 aromatic heterocycles. The molecule has 102 valence electrons. The number of benzene rings is 1. The van der Waals surface area contributed by atoms with Crippen molar-refractivity contribution in [3.05, 3.63) is 54.4 Å². The molecule has 0 fully saturated rings. The van der Waals surface area contributed by atoms with E-state index in [0.29, 0.717) is 29.7 Å². The monoisotopic (exact) mass is 287 g/mol. The van der Waals surface area contributed by atoms with E-state index in [9.17, 15) is 0 Å². The smallest absolute Gasteiger partial charge is 0.248 e. The second kappa shape index (κ2) is 5.79. The van der Waals surface area contributed by atoms with E-state index in [0.717, 1.165) is 0 Å². The quantitative estimate of drug-likeness (QED) is 0.724. The molecule has 0 atom stereocenters. The number of rotatable bonds is 5. The summed E-state index contributed by atoms with van der Waals surface area (Å²) < 4.78 is 6.85. The molecule has 6 nitrogen and oxygen atoms in total. The molecule has 0 saturated carbocycles. The number of aromatic nitrogens is 4. The van der Waals surface area contributed by atoms with Crippen molar-refractivity contribution in [3.63, 3.8) is 0 Å². The van der Waals surface area contributed by atoms with Gasteiger partial charge in [-0.1, -0.05) is 23.4 Å². The number of hydrogen-bond donors (Lipinski definition) is 1. The summed E-state index contributed by atoms with van der Waals surface area (Å²) in [4.78, 5) is 5.51. The molecule has 0 saturated heterocycles. The zero-order valence-electron chi connectivity index (χ0n) is 10.6. The van der Waals surface area contributed by atoms with E-state index in [1.54, 1.807) is 28.8 Å². The predicted molar refractivity (Wildman–Crippen MR) is 76.0 cm³/mol. The predicted octanol–water partition coefficient (Wildman–Crippen LogP) is 2.19. The van der Waals surface area contributed by atoms with Crippen LogP contribution in [0.2, 0.25) is 0 Å². The molecule has 0 unspecified atom stereocenters. The first-order valence-electron chi connectivity index (χ1n) is 6.07. The van der Waals surface area contributed by atoms with E-state index in [1.165, 1.54) is 4.90 Å². The Morgan fingerprint density at radius 3 is 2.85 bits per heavy atom. The number of thioether (sulfide) groups is 1. The van der Waals surface area contributed by atoms with Crippen LogP contribution in [0.25, 0.3) is 0 Å². The Labute approximate surface area is 120 Å². The molecule has 2 N–H and O–H groups in total. The number of anilines is 1. The Morgan fingerprint density at radius 1 is 1.25 bits per heavy atom. The van der Waals surface area contributed by atoms with Gasteiger partial charge in [0, 0.05) is 11.1 Å². The lowest BCUT2D eigenvalue weighted by molar-refractivity contribution is 0.362. The van der Waals surface area contributed by atoms with Crippen molar-refractivity contribution in [2.45, 2.75) is 17.2 Å². The molecule has 0 aliphatic carbocycles. The van der Waals surface area contributed by atoms with E-state index in [1.807, 2.05) is 18.2 Å². The fourth-order valence-corrected chi connectivity index (χ4v) is 2.44. The second-order valence-electron chi connectivity index (χ2n) is 4.18. The van der Waals surface area contributed by atoms with Gasteiger partial charge in [0.05, 0.1) is 17.6 Å². The van der Waals surface area contributed by atoms with Gasteiger partial charge >= 0.3 is 0 Å². The van der Waals surface area contributed by atoms with Gasteiger partial charge < -0.3 is 10.3 Å². The minimum absolute atomic E-state index is 0.431. The highest BCUT2D eigenvalue weighted by Gasteiger charge is 2.08. The van der Waals surface area contributed by atoms with Crippen molar-refractivity contribution in [2.24, 2.45) is 0 Å². The first-order chi connectivity index (χ1) is 9.79. The topological polar surface area (TPSA) is 82.8 Å². The van der Waals surface area contributed by atoms with E-state index >= 15 is 0 Å². The van der Waals surface area contributed by atoms with E-state index in [4.69, 9.17) is 10.3 Å². The van der Waals surface area contributed by atoms with Crippen LogP contribution in [-0.2, 0) is 12.3 Å². The molecule has 3 rings (SSSR count). The van der Waals surface area contributed by atoms with Crippen LogP contribution in [-0.4, -0.2) is 19.9 Å². The van der Waals surface area contributed by atoms with E-state index in [2.05, 4.69) is 27.4 Å². The fraction of sp³-hybridized carbons (Fsp3) is 0.154. The van der Waals surface area contributed by atoms with Crippen LogP contribution in [0.4, 0.5) is 5.69 Å². The lowest BCUT2D eigenvalue weighted by Crippen LogP contribution is -2.00. The molecule has 0 amide bonds. The van der Waals surface area contributed by atoms with Gasteiger partial charge in [-0.25, -0.2) is 0 Å². The van der Waals surface area contributed by atoms with Crippen molar-refractivity contribution in [3.8, 4) is 0 Å².